The average molecular weight is 321 g/mol. The summed E-state index contributed by atoms with van der Waals surface area (Å²) in [4.78, 5) is 20.7. The first-order chi connectivity index (χ1) is 11.8. The number of pyridine rings is 1. The van der Waals surface area contributed by atoms with Gasteiger partial charge in [0.2, 0.25) is 0 Å². The van der Waals surface area contributed by atoms with Crippen molar-refractivity contribution in [1.29, 1.82) is 0 Å². The molecule has 0 spiro atoms. The number of hydrogen-bond acceptors (Lipinski definition) is 5. The molecule has 1 N–H and O–H groups in total. The Morgan fingerprint density at radius 2 is 2.21 bits per heavy atom. The van der Waals surface area contributed by atoms with Gasteiger partial charge in [-0.2, -0.15) is 5.10 Å². The molecule has 3 heterocycles. The Morgan fingerprint density at radius 1 is 1.29 bits per heavy atom. The number of carbonyl (C=O) groups is 1. The Balaban J connectivity index is 1.56. The van der Waals surface area contributed by atoms with Crippen molar-refractivity contribution < 1.29 is 9.53 Å². The van der Waals surface area contributed by atoms with Gasteiger partial charge in [0.25, 0.3) is 5.91 Å². The van der Waals surface area contributed by atoms with E-state index in [1.807, 2.05) is 24.3 Å². The van der Waals surface area contributed by atoms with Gasteiger partial charge >= 0.3 is 0 Å². The summed E-state index contributed by atoms with van der Waals surface area (Å²) in [6.07, 6.45) is 5.29. The third-order valence-electron chi connectivity index (χ3n) is 3.93. The SMILES string of the molecule is O=C(N[C@@H]1CCOc2ccccc21)c1ccnc(-n2cncn2)c1. The third-order valence-corrected chi connectivity index (χ3v) is 3.93. The monoisotopic (exact) mass is 321 g/mol. The fourth-order valence-electron chi connectivity index (χ4n) is 2.75. The quantitative estimate of drug-likeness (QED) is 0.797. The molecule has 0 fully saturated rings. The summed E-state index contributed by atoms with van der Waals surface area (Å²) < 4.78 is 7.14. The van der Waals surface area contributed by atoms with Crippen LogP contribution in [0.25, 0.3) is 5.82 Å². The maximum atomic E-state index is 12.6. The highest BCUT2D eigenvalue weighted by Crippen LogP contribution is 2.31. The molecule has 0 saturated heterocycles. The van der Waals surface area contributed by atoms with Gasteiger partial charge in [-0.05, 0) is 18.2 Å². The van der Waals surface area contributed by atoms with Gasteiger partial charge in [0.15, 0.2) is 5.82 Å². The zero-order valence-corrected chi connectivity index (χ0v) is 12.8. The van der Waals surface area contributed by atoms with E-state index < -0.39 is 0 Å². The van der Waals surface area contributed by atoms with Crippen molar-refractivity contribution in [3.8, 4) is 11.6 Å². The summed E-state index contributed by atoms with van der Waals surface area (Å²) in [6.45, 7) is 0.586. The van der Waals surface area contributed by atoms with E-state index in [4.69, 9.17) is 4.74 Å². The van der Waals surface area contributed by atoms with Crippen molar-refractivity contribution in [3.63, 3.8) is 0 Å². The van der Waals surface area contributed by atoms with Gasteiger partial charge in [-0.15, -0.1) is 0 Å². The predicted octanol–water partition coefficient (Wildman–Crippen LogP) is 1.92. The van der Waals surface area contributed by atoms with Crippen LogP contribution in [-0.2, 0) is 0 Å². The number of rotatable bonds is 3. The smallest absolute Gasteiger partial charge is 0.251 e. The largest absolute Gasteiger partial charge is 0.493 e. The van der Waals surface area contributed by atoms with E-state index in [-0.39, 0.29) is 11.9 Å². The summed E-state index contributed by atoms with van der Waals surface area (Å²) >= 11 is 0. The van der Waals surface area contributed by atoms with Crippen LogP contribution < -0.4 is 10.1 Å². The number of nitrogens with zero attached hydrogens (tertiary/aromatic N) is 4. The lowest BCUT2D eigenvalue weighted by Crippen LogP contribution is -2.32. The molecule has 1 aliphatic heterocycles. The number of amides is 1. The molecule has 7 heteroatoms. The number of fused-ring (bicyclic) bond motifs is 1. The summed E-state index contributed by atoms with van der Waals surface area (Å²) in [7, 11) is 0. The minimum Gasteiger partial charge on any atom is -0.493 e. The molecule has 0 radical (unpaired) electrons. The van der Waals surface area contributed by atoms with Crippen molar-refractivity contribution in [2.45, 2.75) is 12.5 Å². The van der Waals surface area contributed by atoms with Crippen LogP contribution in [0.4, 0.5) is 0 Å². The lowest BCUT2D eigenvalue weighted by atomic mass is 10.0. The molecule has 1 atom stereocenters. The number of aromatic nitrogens is 4. The standard InChI is InChI=1S/C17H15N5O2/c23-17(12-5-7-19-16(9-12)22-11-18-10-20-22)21-14-6-8-24-15-4-2-1-3-13(14)15/h1-5,7,9-11,14H,6,8H2,(H,21,23)/t14-/m1/s1. The summed E-state index contributed by atoms with van der Waals surface area (Å²) in [5.74, 6) is 1.22. The van der Waals surface area contributed by atoms with Crippen LogP contribution in [0, 0.1) is 0 Å². The van der Waals surface area contributed by atoms with Crippen molar-refractivity contribution >= 4 is 5.91 Å². The van der Waals surface area contributed by atoms with Gasteiger partial charge in [0, 0.05) is 23.7 Å². The van der Waals surface area contributed by atoms with Gasteiger partial charge in [0.05, 0.1) is 12.6 Å². The van der Waals surface area contributed by atoms with E-state index in [0.717, 1.165) is 17.7 Å². The van der Waals surface area contributed by atoms with Crippen molar-refractivity contribution in [2.24, 2.45) is 0 Å². The molecule has 0 saturated carbocycles. The number of nitrogens with one attached hydrogen (secondary N) is 1. The van der Waals surface area contributed by atoms with Crippen LogP contribution in [0.15, 0.2) is 55.2 Å². The third kappa shape index (κ3) is 2.71. The van der Waals surface area contributed by atoms with Crippen molar-refractivity contribution in [1.82, 2.24) is 25.1 Å². The first-order valence-corrected chi connectivity index (χ1v) is 7.65. The number of hydrogen-bond donors (Lipinski definition) is 1. The molecule has 0 aliphatic carbocycles. The molecule has 0 unspecified atom stereocenters. The molecule has 120 valence electrons. The van der Waals surface area contributed by atoms with E-state index in [1.54, 1.807) is 24.7 Å². The lowest BCUT2D eigenvalue weighted by molar-refractivity contribution is 0.0924. The van der Waals surface area contributed by atoms with E-state index in [1.165, 1.54) is 11.0 Å². The molecule has 1 aliphatic rings. The fraction of sp³-hybridized carbons (Fsp3) is 0.176. The van der Waals surface area contributed by atoms with Crippen LogP contribution in [-0.4, -0.2) is 32.3 Å². The molecule has 7 nitrogen and oxygen atoms in total. The normalized spacial score (nSPS) is 16.1. The maximum absolute atomic E-state index is 12.6. The molecule has 0 bridgehead atoms. The Kier molecular flexibility index (Phi) is 3.66. The van der Waals surface area contributed by atoms with Crippen LogP contribution in [0.1, 0.15) is 28.4 Å². The van der Waals surface area contributed by atoms with Crippen LogP contribution in [0.5, 0.6) is 5.75 Å². The molecule has 4 rings (SSSR count). The Labute approximate surface area is 138 Å². The van der Waals surface area contributed by atoms with Gasteiger partial charge < -0.3 is 10.1 Å². The van der Waals surface area contributed by atoms with Crippen LogP contribution in [0.3, 0.4) is 0 Å². The number of benzene rings is 1. The molecule has 2 aromatic heterocycles. The maximum Gasteiger partial charge on any atom is 0.251 e. The first kappa shape index (κ1) is 14.4. The van der Waals surface area contributed by atoms with Gasteiger partial charge in [0.1, 0.15) is 18.4 Å². The second-order valence-electron chi connectivity index (χ2n) is 5.44. The Bertz CT molecular complexity index is 863. The van der Waals surface area contributed by atoms with Crippen LogP contribution in [0.2, 0.25) is 0 Å². The van der Waals surface area contributed by atoms with Gasteiger partial charge in [-0.25, -0.2) is 14.6 Å². The van der Waals surface area contributed by atoms with E-state index >= 15 is 0 Å². The predicted molar refractivity (Wildman–Crippen MR) is 85.9 cm³/mol. The van der Waals surface area contributed by atoms with E-state index in [2.05, 4.69) is 20.4 Å². The molecule has 1 amide bonds. The van der Waals surface area contributed by atoms with E-state index in [0.29, 0.717) is 18.0 Å². The highest BCUT2D eigenvalue weighted by atomic mass is 16.5. The number of carbonyl (C=O) groups excluding carboxylic acids is 1. The Hall–Kier alpha value is -3.22. The number of para-hydroxylation sites is 1. The topological polar surface area (TPSA) is 81.9 Å². The van der Waals surface area contributed by atoms with Gasteiger partial charge in [-0.3, -0.25) is 4.79 Å². The van der Waals surface area contributed by atoms with Crippen molar-refractivity contribution in [2.75, 3.05) is 6.61 Å². The van der Waals surface area contributed by atoms with Crippen molar-refractivity contribution in [3.05, 3.63) is 66.4 Å². The molecule has 24 heavy (non-hydrogen) atoms. The minimum absolute atomic E-state index is 0.0644. The summed E-state index contributed by atoms with van der Waals surface area (Å²) in [5, 5.41) is 7.10. The summed E-state index contributed by atoms with van der Waals surface area (Å²) in [6, 6.07) is 11.1. The van der Waals surface area contributed by atoms with Gasteiger partial charge in [-0.1, -0.05) is 18.2 Å². The zero-order chi connectivity index (χ0) is 16.4. The average Bonchev–Trinajstić information content (AvgIpc) is 3.17. The first-order valence-electron chi connectivity index (χ1n) is 7.65. The molecule has 3 aromatic rings. The summed E-state index contributed by atoms with van der Waals surface area (Å²) in [5.41, 5.74) is 1.53. The molecular formula is C17H15N5O2. The molecule has 1 aromatic carbocycles. The highest BCUT2D eigenvalue weighted by Gasteiger charge is 2.23. The molecular weight excluding hydrogens is 306 g/mol. The highest BCUT2D eigenvalue weighted by molar-refractivity contribution is 5.94. The zero-order valence-electron chi connectivity index (χ0n) is 12.8. The fourth-order valence-corrected chi connectivity index (χ4v) is 2.75. The van der Waals surface area contributed by atoms with Crippen LogP contribution >= 0.6 is 0 Å². The minimum atomic E-state index is -0.152. The number of ether oxygens (including phenoxy) is 1. The lowest BCUT2D eigenvalue weighted by Gasteiger charge is -2.26. The van der Waals surface area contributed by atoms with E-state index in [9.17, 15) is 4.79 Å². The second-order valence-corrected chi connectivity index (χ2v) is 5.44. The second kappa shape index (κ2) is 6.11. The Morgan fingerprint density at radius 3 is 3.08 bits per heavy atom.